The lowest BCUT2D eigenvalue weighted by Crippen LogP contribution is -2.46. The molecule has 0 unspecified atom stereocenters. The van der Waals surface area contributed by atoms with E-state index < -0.39 is 0 Å². The SMILES string of the molecule is O=c1c2ccc(N3CCN(Cc4cc5n(n4)CCC5)CC3)cc2ncn1CCO. The van der Waals surface area contributed by atoms with Gasteiger partial charge in [0.2, 0.25) is 0 Å². The van der Waals surface area contributed by atoms with Crippen molar-refractivity contribution in [2.45, 2.75) is 32.5 Å². The average molecular weight is 394 g/mol. The molecule has 0 bridgehead atoms. The van der Waals surface area contributed by atoms with Crippen LogP contribution >= 0.6 is 0 Å². The summed E-state index contributed by atoms with van der Waals surface area (Å²) in [5.41, 5.74) is 4.26. The van der Waals surface area contributed by atoms with E-state index in [0.29, 0.717) is 10.9 Å². The molecule has 4 heterocycles. The number of piperazine rings is 1. The van der Waals surface area contributed by atoms with Crippen molar-refractivity contribution in [3.63, 3.8) is 0 Å². The second-order valence-corrected chi connectivity index (χ2v) is 7.89. The number of aryl methyl sites for hydroxylation is 2. The molecule has 152 valence electrons. The smallest absolute Gasteiger partial charge is 0.261 e. The van der Waals surface area contributed by atoms with Gasteiger partial charge in [-0.05, 0) is 37.1 Å². The van der Waals surface area contributed by atoms with Crippen LogP contribution in [0.4, 0.5) is 5.69 Å². The van der Waals surface area contributed by atoms with Gasteiger partial charge in [-0.3, -0.25) is 18.9 Å². The van der Waals surface area contributed by atoms with E-state index in [0.717, 1.165) is 51.4 Å². The predicted octanol–water partition coefficient (Wildman–Crippen LogP) is 0.854. The maximum Gasteiger partial charge on any atom is 0.261 e. The summed E-state index contributed by atoms with van der Waals surface area (Å²) in [6, 6.07) is 8.12. The summed E-state index contributed by atoms with van der Waals surface area (Å²) in [7, 11) is 0. The number of hydrogen-bond donors (Lipinski definition) is 1. The third-order valence-corrected chi connectivity index (χ3v) is 5.99. The molecule has 2 aliphatic heterocycles. The fourth-order valence-corrected chi connectivity index (χ4v) is 4.40. The van der Waals surface area contributed by atoms with Gasteiger partial charge in [0, 0.05) is 50.6 Å². The van der Waals surface area contributed by atoms with Gasteiger partial charge >= 0.3 is 0 Å². The summed E-state index contributed by atoms with van der Waals surface area (Å²) in [4.78, 5) is 21.7. The first-order chi connectivity index (χ1) is 14.2. The highest BCUT2D eigenvalue weighted by Gasteiger charge is 2.20. The summed E-state index contributed by atoms with van der Waals surface area (Å²) >= 11 is 0. The van der Waals surface area contributed by atoms with Gasteiger partial charge < -0.3 is 10.0 Å². The summed E-state index contributed by atoms with van der Waals surface area (Å²) in [6.45, 7) is 6.04. The van der Waals surface area contributed by atoms with Crippen LogP contribution in [-0.4, -0.2) is 62.1 Å². The second-order valence-electron chi connectivity index (χ2n) is 7.89. The summed E-state index contributed by atoms with van der Waals surface area (Å²) < 4.78 is 3.61. The number of hydrogen-bond acceptors (Lipinski definition) is 6. The number of aromatic nitrogens is 4. The molecule has 0 saturated carbocycles. The molecule has 8 nitrogen and oxygen atoms in total. The van der Waals surface area contributed by atoms with Gasteiger partial charge in [0.1, 0.15) is 0 Å². The van der Waals surface area contributed by atoms with Gasteiger partial charge in [-0.25, -0.2) is 4.98 Å². The molecule has 0 spiro atoms. The number of fused-ring (bicyclic) bond motifs is 2. The largest absolute Gasteiger partial charge is 0.395 e. The number of aliphatic hydroxyl groups is 1. The molecule has 0 amide bonds. The van der Waals surface area contributed by atoms with Crippen molar-refractivity contribution in [1.82, 2.24) is 24.2 Å². The lowest BCUT2D eigenvalue weighted by molar-refractivity contribution is 0.246. The van der Waals surface area contributed by atoms with Gasteiger partial charge in [-0.1, -0.05) is 0 Å². The normalized spacial score (nSPS) is 17.2. The van der Waals surface area contributed by atoms with E-state index >= 15 is 0 Å². The van der Waals surface area contributed by atoms with Gasteiger partial charge in [0.15, 0.2) is 0 Å². The number of nitrogens with zero attached hydrogens (tertiary/aromatic N) is 6. The zero-order valence-electron chi connectivity index (χ0n) is 16.5. The Hall–Kier alpha value is -2.71. The Labute approximate surface area is 169 Å². The Kier molecular flexibility index (Phi) is 4.81. The molecular weight excluding hydrogens is 368 g/mol. The van der Waals surface area contributed by atoms with Crippen LogP contribution in [0.5, 0.6) is 0 Å². The molecular formula is C21H26N6O2. The molecule has 1 saturated heterocycles. The Balaban J connectivity index is 1.25. The van der Waals surface area contributed by atoms with E-state index in [1.807, 2.05) is 18.2 Å². The molecule has 1 fully saturated rings. The first-order valence-corrected chi connectivity index (χ1v) is 10.3. The van der Waals surface area contributed by atoms with Crippen LogP contribution in [0.2, 0.25) is 0 Å². The van der Waals surface area contributed by atoms with Crippen LogP contribution in [0, 0.1) is 0 Å². The van der Waals surface area contributed by atoms with Gasteiger partial charge in [-0.15, -0.1) is 0 Å². The van der Waals surface area contributed by atoms with E-state index in [4.69, 9.17) is 10.2 Å². The summed E-state index contributed by atoms with van der Waals surface area (Å²) in [5, 5.41) is 14.4. The van der Waals surface area contributed by atoms with Crippen molar-refractivity contribution in [2.75, 3.05) is 37.7 Å². The van der Waals surface area contributed by atoms with Gasteiger partial charge in [-0.2, -0.15) is 5.10 Å². The predicted molar refractivity (Wildman–Crippen MR) is 111 cm³/mol. The molecule has 8 heteroatoms. The number of anilines is 1. The van der Waals surface area contributed by atoms with E-state index in [1.54, 1.807) is 0 Å². The molecule has 0 aliphatic carbocycles. The highest BCUT2D eigenvalue weighted by atomic mass is 16.3. The Morgan fingerprint density at radius 3 is 2.72 bits per heavy atom. The van der Waals surface area contributed by atoms with Crippen molar-refractivity contribution in [3.8, 4) is 0 Å². The summed E-state index contributed by atoms with van der Waals surface area (Å²) in [5.74, 6) is 0. The first kappa shape index (κ1) is 18.3. The van der Waals surface area contributed by atoms with Crippen LogP contribution in [0.1, 0.15) is 17.8 Å². The van der Waals surface area contributed by atoms with Gasteiger partial charge in [0.25, 0.3) is 5.56 Å². The van der Waals surface area contributed by atoms with E-state index in [9.17, 15) is 4.79 Å². The maximum absolute atomic E-state index is 12.5. The fraction of sp³-hybridized carbons (Fsp3) is 0.476. The quantitative estimate of drug-likeness (QED) is 0.691. The van der Waals surface area contributed by atoms with Crippen molar-refractivity contribution < 1.29 is 5.11 Å². The summed E-state index contributed by atoms with van der Waals surface area (Å²) in [6.07, 6.45) is 3.89. The fourth-order valence-electron chi connectivity index (χ4n) is 4.40. The zero-order valence-corrected chi connectivity index (χ0v) is 16.5. The third-order valence-electron chi connectivity index (χ3n) is 5.99. The molecule has 3 aromatic rings. The van der Waals surface area contributed by atoms with E-state index in [2.05, 4.69) is 25.5 Å². The lowest BCUT2D eigenvalue weighted by Gasteiger charge is -2.35. The van der Waals surface area contributed by atoms with Crippen LogP contribution < -0.4 is 10.5 Å². The molecule has 5 rings (SSSR count). The standard InChI is InChI=1S/C21H26N6O2/c28-11-10-26-15-22-20-13-17(3-4-19(20)21(26)29)25-8-6-24(7-9-25)14-16-12-18-2-1-5-27(18)23-16/h3-4,12-13,15,28H,1-2,5-11,14H2. The molecule has 2 aromatic heterocycles. The Morgan fingerprint density at radius 1 is 1.07 bits per heavy atom. The molecule has 1 N–H and O–H groups in total. The topological polar surface area (TPSA) is 79.4 Å². The Morgan fingerprint density at radius 2 is 1.93 bits per heavy atom. The van der Waals surface area contributed by atoms with E-state index in [-0.39, 0.29) is 18.7 Å². The minimum absolute atomic E-state index is 0.0724. The third kappa shape index (κ3) is 3.54. The monoisotopic (exact) mass is 394 g/mol. The maximum atomic E-state index is 12.5. The zero-order chi connectivity index (χ0) is 19.8. The molecule has 2 aliphatic rings. The Bertz CT molecular complexity index is 1060. The van der Waals surface area contributed by atoms with Crippen LogP contribution in [-0.2, 0) is 26.1 Å². The molecule has 29 heavy (non-hydrogen) atoms. The number of benzene rings is 1. The second kappa shape index (κ2) is 7.61. The van der Waals surface area contributed by atoms with Crippen molar-refractivity contribution in [1.29, 1.82) is 0 Å². The molecule has 0 atom stereocenters. The lowest BCUT2D eigenvalue weighted by atomic mass is 10.2. The van der Waals surface area contributed by atoms with Crippen molar-refractivity contribution >= 4 is 16.6 Å². The van der Waals surface area contributed by atoms with Crippen molar-refractivity contribution in [3.05, 3.63) is 52.3 Å². The minimum Gasteiger partial charge on any atom is -0.395 e. The van der Waals surface area contributed by atoms with E-state index in [1.165, 1.54) is 28.7 Å². The highest BCUT2D eigenvalue weighted by Crippen LogP contribution is 2.22. The number of rotatable bonds is 5. The molecule has 1 aromatic carbocycles. The van der Waals surface area contributed by atoms with Crippen LogP contribution in [0.15, 0.2) is 35.4 Å². The average Bonchev–Trinajstić information content (AvgIpc) is 3.32. The highest BCUT2D eigenvalue weighted by molar-refractivity contribution is 5.81. The minimum atomic E-state index is -0.104. The molecule has 0 radical (unpaired) electrons. The first-order valence-electron chi connectivity index (χ1n) is 10.3. The van der Waals surface area contributed by atoms with Crippen LogP contribution in [0.3, 0.4) is 0 Å². The number of aliphatic hydroxyl groups excluding tert-OH is 1. The van der Waals surface area contributed by atoms with Gasteiger partial charge in [0.05, 0.1) is 36.1 Å². The van der Waals surface area contributed by atoms with Crippen LogP contribution in [0.25, 0.3) is 10.9 Å². The van der Waals surface area contributed by atoms with Crippen molar-refractivity contribution in [2.24, 2.45) is 0 Å².